The Bertz CT molecular complexity index is 240. The maximum Gasteiger partial charge on any atom is 0.309 e. The average molecular weight is 242 g/mol. The number of hydrogen-bond acceptors (Lipinski definition) is 4. The fourth-order valence-electron chi connectivity index (χ4n) is 2.40. The van der Waals surface area contributed by atoms with E-state index >= 15 is 0 Å². The zero-order chi connectivity index (χ0) is 12.8. The summed E-state index contributed by atoms with van der Waals surface area (Å²) in [6, 6.07) is 0.234. The molecule has 1 N–H and O–H groups in total. The van der Waals surface area contributed by atoms with E-state index in [0.717, 1.165) is 25.6 Å². The molecule has 100 valence electrons. The van der Waals surface area contributed by atoms with Crippen LogP contribution in [0.3, 0.4) is 0 Å². The smallest absolute Gasteiger partial charge is 0.309 e. The Hall–Kier alpha value is -0.610. The molecule has 1 fully saturated rings. The topological polar surface area (TPSA) is 41.6 Å². The first-order valence-electron chi connectivity index (χ1n) is 6.55. The summed E-state index contributed by atoms with van der Waals surface area (Å²) in [7, 11) is 3.56. The Labute approximate surface area is 105 Å². The summed E-state index contributed by atoms with van der Waals surface area (Å²) >= 11 is 0. The van der Waals surface area contributed by atoms with Crippen LogP contribution in [-0.2, 0) is 9.53 Å². The molecular formula is C13H26N2O2. The maximum absolute atomic E-state index is 11.5. The number of carbonyl (C=O) groups excluding carboxylic acids is 1. The Balaban J connectivity index is 2.39. The number of rotatable bonds is 5. The number of carbonyl (C=O) groups is 1. The van der Waals surface area contributed by atoms with Crippen molar-refractivity contribution >= 4 is 5.97 Å². The van der Waals surface area contributed by atoms with Gasteiger partial charge in [-0.15, -0.1) is 0 Å². The number of ether oxygens (including phenoxy) is 1. The van der Waals surface area contributed by atoms with Gasteiger partial charge in [-0.25, -0.2) is 0 Å². The van der Waals surface area contributed by atoms with Gasteiger partial charge in [-0.2, -0.15) is 0 Å². The molecule has 1 heterocycles. The summed E-state index contributed by atoms with van der Waals surface area (Å²) in [5.41, 5.74) is 0. The lowest BCUT2D eigenvalue weighted by Gasteiger charge is -2.33. The van der Waals surface area contributed by atoms with Crippen LogP contribution in [0.4, 0.5) is 0 Å². The molecule has 17 heavy (non-hydrogen) atoms. The number of piperidine rings is 1. The van der Waals surface area contributed by atoms with Gasteiger partial charge >= 0.3 is 5.97 Å². The minimum Gasteiger partial charge on any atom is -0.469 e. The fourth-order valence-corrected chi connectivity index (χ4v) is 2.40. The van der Waals surface area contributed by atoms with Gasteiger partial charge in [0.1, 0.15) is 0 Å². The van der Waals surface area contributed by atoms with E-state index in [2.05, 4.69) is 24.2 Å². The molecule has 4 heteroatoms. The largest absolute Gasteiger partial charge is 0.469 e. The Morgan fingerprint density at radius 3 is 2.53 bits per heavy atom. The highest BCUT2D eigenvalue weighted by molar-refractivity contribution is 5.72. The van der Waals surface area contributed by atoms with Gasteiger partial charge in [0.25, 0.3) is 0 Å². The van der Waals surface area contributed by atoms with Gasteiger partial charge < -0.3 is 15.0 Å². The van der Waals surface area contributed by atoms with Gasteiger partial charge in [0.2, 0.25) is 0 Å². The lowest BCUT2D eigenvalue weighted by molar-refractivity contribution is -0.146. The lowest BCUT2D eigenvalue weighted by atomic mass is 9.95. The molecule has 4 nitrogen and oxygen atoms in total. The van der Waals surface area contributed by atoms with Gasteiger partial charge in [0, 0.05) is 12.6 Å². The molecule has 0 aliphatic carbocycles. The molecule has 1 rings (SSSR count). The van der Waals surface area contributed by atoms with E-state index in [1.165, 1.54) is 20.0 Å². The van der Waals surface area contributed by atoms with E-state index < -0.39 is 0 Å². The third-order valence-corrected chi connectivity index (χ3v) is 4.00. The second-order valence-electron chi connectivity index (χ2n) is 5.19. The summed E-state index contributed by atoms with van der Waals surface area (Å²) in [5.74, 6) is 0.579. The molecule has 2 unspecified atom stereocenters. The third-order valence-electron chi connectivity index (χ3n) is 4.00. The van der Waals surface area contributed by atoms with Crippen LogP contribution in [0.1, 0.15) is 26.7 Å². The molecule has 1 aliphatic heterocycles. The van der Waals surface area contributed by atoms with Crippen molar-refractivity contribution in [2.24, 2.45) is 11.8 Å². The van der Waals surface area contributed by atoms with Crippen LogP contribution in [0.25, 0.3) is 0 Å². The summed E-state index contributed by atoms with van der Waals surface area (Å²) in [5, 5.41) is 3.37. The summed E-state index contributed by atoms with van der Waals surface area (Å²) in [6.45, 7) is 7.36. The normalized spacial score (nSPS) is 21.2. The van der Waals surface area contributed by atoms with Crippen molar-refractivity contribution < 1.29 is 9.53 Å². The van der Waals surface area contributed by atoms with Gasteiger partial charge in [0.05, 0.1) is 13.0 Å². The van der Waals surface area contributed by atoms with Crippen molar-refractivity contribution in [3.05, 3.63) is 0 Å². The van der Waals surface area contributed by atoms with Crippen molar-refractivity contribution in [1.29, 1.82) is 0 Å². The van der Waals surface area contributed by atoms with Crippen LogP contribution in [0.15, 0.2) is 0 Å². The highest BCUT2D eigenvalue weighted by Crippen LogP contribution is 2.17. The zero-order valence-electron chi connectivity index (χ0n) is 11.5. The third kappa shape index (κ3) is 4.28. The van der Waals surface area contributed by atoms with Gasteiger partial charge in [-0.3, -0.25) is 4.79 Å². The molecule has 0 amide bonds. The maximum atomic E-state index is 11.5. The first-order chi connectivity index (χ1) is 8.06. The Morgan fingerprint density at radius 1 is 1.41 bits per heavy atom. The molecule has 0 spiro atoms. The van der Waals surface area contributed by atoms with Crippen molar-refractivity contribution in [2.75, 3.05) is 33.8 Å². The number of esters is 1. The van der Waals surface area contributed by atoms with Gasteiger partial charge in [-0.05, 0) is 45.8 Å². The van der Waals surface area contributed by atoms with Crippen LogP contribution in [0, 0.1) is 11.8 Å². The average Bonchev–Trinajstić information content (AvgIpc) is 2.37. The molecule has 0 aromatic heterocycles. The molecule has 0 saturated carbocycles. The molecule has 1 aliphatic rings. The standard InChI is InChI=1S/C13H26N2O2/c1-10(13(16)17-4)11(2)15(3)9-12-5-7-14-8-6-12/h10-12,14H,5-9H2,1-4H3. The molecule has 0 radical (unpaired) electrons. The first kappa shape index (κ1) is 14.5. The highest BCUT2D eigenvalue weighted by Gasteiger charge is 2.26. The minimum absolute atomic E-state index is 0.0632. The van der Waals surface area contributed by atoms with Crippen LogP contribution < -0.4 is 5.32 Å². The van der Waals surface area contributed by atoms with Crippen LogP contribution >= 0.6 is 0 Å². The number of hydrogen-bond donors (Lipinski definition) is 1. The Kier molecular flexibility index (Phi) is 5.92. The van der Waals surface area contributed by atoms with E-state index in [0.29, 0.717) is 0 Å². The summed E-state index contributed by atoms with van der Waals surface area (Å²) in [6.07, 6.45) is 2.48. The van der Waals surface area contributed by atoms with Crippen molar-refractivity contribution in [3.63, 3.8) is 0 Å². The zero-order valence-corrected chi connectivity index (χ0v) is 11.5. The van der Waals surface area contributed by atoms with E-state index in [4.69, 9.17) is 4.74 Å². The molecule has 2 atom stereocenters. The van der Waals surface area contributed by atoms with E-state index in [-0.39, 0.29) is 17.9 Å². The van der Waals surface area contributed by atoms with Gasteiger partial charge in [0.15, 0.2) is 0 Å². The second-order valence-corrected chi connectivity index (χ2v) is 5.19. The molecule has 0 aromatic rings. The number of methoxy groups -OCH3 is 1. The van der Waals surface area contributed by atoms with Crippen LogP contribution in [0.5, 0.6) is 0 Å². The number of nitrogens with one attached hydrogen (secondary N) is 1. The van der Waals surface area contributed by atoms with Gasteiger partial charge in [-0.1, -0.05) is 6.92 Å². The molecule has 0 bridgehead atoms. The SMILES string of the molecule is COC(=O)C(C)C(C)N(C)CC1CCNCC1. The van der Waals surface area contributed by atoms with Crippen molar-refractivity contribution in [1.82, 2.24) is 10.2 Å². The lowest BCUT2D eigenvalue weighted by Crippen LogP contribution is -2.42. The minimum atomic E-state index is -0.116. The molecular weight excluding hydrogens is 216 g/mol. The van der Waals surface area contributed by atoms with Crippen LogP contribution in [-0.4, -0.2) is 50.7 Å². The number of nitrogens with zero attached hydrogens (tertiary/aromatic N) is 1. The van der Waals surface area contributed by atoms with Crippen molar-refractivity contribution in [2.45, 2.75) is 32.7 Å². The van der Waals surface area contributed by atoms with Crippen molar-refractivity contribution in [3.8, 4) is 0 Å². The second kappa shape index (κ2) is 6.97. The van der Waals surface area contributed by atoms with Crippen LogP contribution in [0.2, 0.25) is 0 Å². The monoisotopic (exact) mass is 242 g/mol. The van der Waals surface area contributed by atoms with E-state index in [1.807, 2.05) is 6.92 Å². The highest BCUT2D eigenvalue weighted by atomic mass is 16.5. The Morgan fingerprint density at radius 2 is 2.00 bits per heavy atom. The van der Waals surface area contributed by atoms with E-state index in [1.54, 1.807) is 0 Å². The summed E-state index contributed by atoms with van der Waals surface area (Å²) < 4.78 is 4.80. The molecule has 0 aromatic carbocycles. The molecule has 1 saturated heterocycles. The quantitative estimate of drug-likeness (QED) is 0.734. The van der Waals surface area contributed by atoms with E-state index in [9.17, 15) is 4.79 Å². The predicted octanol–water partition coefficient (Wildman–Crippen LogP) is 1.12. The fraction of sp³-hybridized carbons (Fsp3) is 0.923. The predicted molar refractivity (Wildman–Crippen MR) is 68.9 cm³/mol. The summed E-state index contributed by atoms with van der Waals surface area (Å²) in [4.78, 5) is 13.8. The first-order valence-corrected chi connectivity index (χ1v) is 6.55.